The minimum absolute atomic E-state index is 0.102. The Balaban J connectivity index is 1.28. The first-order valence-electron chi connectivity index (χ1n) is 9.56. The van der Waals surface area contributed by atoms with E-state index in [4.69, 9.17) is 0 Å². The predicted molar refractivity (Wildman–Crippen MR) is 103 cm³/mol. The number of piperidine rings is 1. The molecule has 3 heterocycles. The molecule has 0 spiro atoms. The Labute approximate surface area is 157 Å². The van der Waals surface area contributed by atoms with E-state index in [2.05, 4.69) is 24.8 Å². The summed E-state index contributed by atoms with van der Waals surface area (Å²) < 4.78 is 0. The number of nitrogens with one attached hydrogen (secondary N) is 1. The van der Waals surface area contributed by atoms with Gasteiger partial charge in [0.15, 0.2) is 0 Å². The lowest BCUT2D eigenvalue weighted by Crippen LogP contribution is -2.48. The van der Waals surface area contributed by atoms with Gasteiger partial charge in [0.2, 0.25) is 0 Å². The molecule has 3 aromatic rings. The molecule has 1 aromatic carbocycles. The highest BCUT2D eigenvalue weighted by atomic mass is 16.2. The van der Waals surface area contributed by atoms with E-state index in [0.29, 0.717) is 12.1 Å². The minimum Gasteiger partial charge on any atom is -0.350 e. The van der Waals surface area contributed by atoms with Crippen LogP contribution >= 0.6 is 0 Å². The fourth-order valence-corrected chi connectivity index (χ4v) is 4.06. The highest BCUT2D eigenvalue weighted by Gasteiger charge is 2.37. The van der Waals surface area contributed by atoms with Crippen LogP contribution in [-0.2, 0) is 0 Å². The number of carbonyl (C=O) groups is 1. The molecule has 5 rings (SSSR count). The van der Waals surface area contributed by atoms with Crippen LogP contribution in [0.15, 0.2) is 43.1 Å². The maximum Gasteiger partial charge on any atom is 0.253 e. The van der Waals surface area contributed by atoms with E-state index in [1.165, 1.54) is 12.8 Å². The van der Waals surface area contributed by atoms with E-state index in [1.54, 1.807) is 12.7 Å². The molecule has 1 N–H and O–H groups in total. The van der Waals surface area contributed by atoms with Crippen molar-refractivity contribution in [1.29, 1.82) is 0 Å². The van der Waals surface area contributed by atoms with Crippen molar-refractivity contribution < 1.29 is 4.79 Å². The highest BCUT2D eigenvalue weighted by Crippen LogP contribution is 2.35. The molecule has 1 saturated heterocycles. The molecular formula is C20H22N6O. The third kappa shape index (κ3) is 3.13. The lowest BCUT2D eigenvalue weighted by Gasteiger charge is -2.39. The number of amides is 1. The zero-order valence-electron chi connectivity index (χ0n) is 15.1. The molecule has 1 amide bonds. The van der Waals surface area contributed by atoms with Crippen molar-refractivity contribution in [1.82, 2.24) is 24.8 Å². The first-order valence-corrected chi connectivity index (χ1v) is 9.56. The second-order valence-corrected chi connectivity index (χ2v) is 7.36. The van der Waals surface area contributed by atoms with E-state index in [0.717, 1.165) is 48.3 Å². The summed E-state index contributed by atoms with van der Waals surface area (Å²) >= 11 is 0. The molecule has 2 aromatic heterocycles. The fraction of sp³-hybridized carbons (Fsp3) is 0.400. The molecule has 1 aliphatic carbocycles. The molecule has 0 radical (unpaired) electrons. The maximum atomic E-state index is 12.9. The van der Waals surface area contributed by atoms with Gasteiger partial charge in [-0.05, 0) is 49.9 Å². The summed E-state index contributed by atoms with van der Waals surface area (Å²) in [6, 6.07) is 8.69. The first-order chi connectivity index (χ1) is 13.3. The van der Waals surface area contributed by atoms with E-state index in [-0.39, 0.29) is 5.91 Å². The molecule has 0 atom stereocenters. The molecule has 0 bridgehead atoms. The number of aromatic nitrogens is 4. The van der Waals surface area contributed by atoms with Gasteiger partial charge in [-0.15, -0.1) is 0 Å². The lowest BCUT2D eigenvalue weighted by molar-refractivity contribution is 0.0712. The monoisotopic (exact) mass is 362 g/mol. The average Bonchev–Trinajstić information content (AvgIpc) is 3.44. The van der Waals surface area contributed by atoms with Crippen molar-refractivity contribution in [3.8, 4) is 0 Å². The third-order valence-corrected chi connectivity index (χ3v) is 5.58. The van der Waals surface area contributed by atoms with Gasteiger partial charge >= 0.3 is 0 Å². The van der Waals surface area contributed by atoms with Crippen molar-refractivity contribution >= 4 is 22.8 Å². The Hall–Kier alpha value is -2.96. The standard InChI is InChI=1S/C20H22N6O/c27-20(14-1-4-17-18(11-14)23-13-22-17)25-9-6-16(7-10-25)26(15-2-3-15)19-5-8-21-12-24-19/h1,4-5,8,11-13,15-16H,2-3,6-7,9-10H2,(H,22,23). The number of H-pyrrole nitrogens is 1. The SMILES string of the molecule is O=C(c1ccc2nc[nH]c2c1)N1CCC(N(c2ccncn2)C2CC2)CC1. The fourth-order valence-electron chi connectivity index (χ4n) is 4.06. The van der Waals surface area contributed by atoms with Crippen LogP contribution in [0.1, 0.15) is 36.0 Å². The van der Waals surface area contributed by atoms with Crippen molar-refractivity contribution in [3.05, 3.63) is 48.7 Å². The quantitative estimate of drug-likeness (QED) is 0.772. The highest BCUT2D eigenvalue weighted by molar-refractivity contribution is 5.97. The van der Waals surface area contributed by atoms with Crippen molar-refractivity contribution in [2.75, 3.05) is 18.0 Å². The molecule has 7 nitrogen and oxygen atoms in total. The summed E-state index contributed by atoms with van der Waals surface area (Å²) in [4.78, 5) is 33.1. The van der Waals surface area contributed by atoms with Crippen molar-refractivity contribution in [2.45, 2.75) is 37.8 Å². The maximum absolute atomic E-state index is 12.9. The number of anilines is 1. The normalized spacial score (nSPS) is 18.0. The van der Waals surface area contributed by atoms with Gasteiger partial charge in [-0.3, -0.25) is 4.79 Å². The summed E-state index contributed by atoms with van der Waals surface area (Å²) in [5.41, 5.74) is 2.51. The summed E-state index contributed by atoms with van der Waals surface area (Å²) in [5, 5.41) is 0. The first kappa shape index (κ1) is 16.2. The molecule has 27 heavy (non-hydrogen) atoms. The van der Waals surface area contributed by atoms with Crippen LogP contribution in [0.25, 0.3) is 11.0 Å². The molecule has 2 aliphatic rings. The third-order valence-electron chi connectivity index (χ3n) is 5.58. The van der Waals surface area contributed by atoms with Crippen LogP contribution in [0.5, 0.6) is 0 Å². The van der Waals surface area contributed by atoms with Crippen molar-refractivity contribution in [2.24, 2.45) is 0 Å². The number of hydrogen-bond donors (Lipinski definition) is 1. The Morgan fingerprint density at radius 1 is 1.07 bits per heavy atom. The lowest BCUT2D eigenvalue weighted by atomic mass is 10.0. The summed E-state index contributed by atoms with van der Waals surface area (Å²) in [6.07, 6.45) is 9.48. The molecule has 7 heteroatoms. The van der Waals surface area contributed by atoms with Gasteiger partial charge in [0.05, 0.1) is 17.4 Å². The van der Waals surface area contributed by atoms with E-state index >= 15 is 0 Å². The molecule has 1 aliphatic heterocycles. The van der Waals surface area contributed by atoms with Crippen LogP contribution in [0.3, 0.4) is 0 Å². The second-order valence-electron chi connectivity index (χ2n) is 7.36. The number of carbonyl (C=O) groups excluding carboxylic acids is 1. The average molecular weight is 362 g/mol. The summed E-state index contributed by atoms with van der Waals surface area (Å²) in [7, 11) is 0. The topological polar surface area (TPSA) is 78.0 Å². The van der Waals surface area contributed by atoms with Crippen LogP contribution < -0.4 is 4.90 Å². The van der Waals surface area contributed by atoms with Gasteiger partial charge in [-0.25, -0.2) is 15.0 Å². The Bertz CT molecular complexity index is 943. The smallest absolute Gasteiger partial charge is 0.253 e. The van der Waals surface area contributed by atoms with Gasteiger partial charge in [0, 0.05) is 36.9 Å². The van der Waals surface area contributed by atoms with Gasteiger partial charge in [-0.1, -0.05) is 0 Å². The number of nitrogens with zero attached hydrogens (tertiary/aromatic N) is 5. The zero-order chi connectivity index (χ0) is 18.2. The number of rotatable bonds is 4. The number of imidazole rings is 1. The number of hydrogen-bond acceptors (Lipinski definition) is 5. The van der Waals surface area contributed by atoms with Gasteiger partial charge < -0.3 is 14.8 Å². The number of aromatic amines is 1. The van der Waals surface area contributed by atoms with Crippen LogP contribution in [-0.4, -0.2) is 55.9 Å². The van der Waals surface area contributed by atoms with E-state index in [1.807, 2.05) is 35.4 Å². The van der Waals surface area contributed by atoms with Crippen LogP contribution in [0.4, 0.5) is 5.82 Å². The summed E-state index contributed by atoms with van der Waals surface area (Å²) in [6.45, 7) is 1.55. The number of likely N-dealkylation sites (tertiary alicyclic amines) is 1. The Morgan fingerprint density at radius 2 is 1.89 bits per heavy atom. The largest absolute Gasteiger partial charge is 0.350 e. The van der Waals surface area contributed by atoms with Gasteiger partial charge in [-0.2, -0.15) is 0 Å². The molecule has 1 saturated carbocycles. The van der Waals surface area contributed by atoms with Crippen molar-refractivity contribution in [3.63, 3.8) is 0 Å². The molecular weight excluding hydrogens is 340 g/mol. The molecule has 0 unspecified atom stereocenters. The van der Waals surface area contributed by atoms with Crippen LogP contribution in [0.2, 0.25) is 0 Å². The minimum atomic E-state index is 0.102. The predicted octanol–water partition coefficient (Wildman–Crippen LogP) is 2.63. The molecule has 138 valence electrons. The Morgan fingerprint density at radius 3 is 2.63 bits per heavy atom. The summed E-state index contributed by atoms with van der Waals surface area (Å²) in [5.74, 6) is 1.12. The van der Waals surface area contributed by atoms with E-state index in [9.17, 15) is 4.79 Å². The van der Waals surface area contributed by atoms with Gasteiger partial charge in [0.25, 0.3) is 5.91 Å². The van der Waals surface area contributed by atoms with E-state index < -0.39 is 0 Å². The number of benzene rings is 1. The zero-order valence-corrected chi connectivity index (χ0v) is 15.1. The Kier molecular flexibility index (Phi) is 3.99. The van der Waals surface area contributed by atoms with Gasteiger partial charge in [0.1, 0.15) is 12.1 Å². The number of fused-ring (bicyclic) bond motifs is 1. The molecule has 2 fully saturated rings. The van der Waals surface area contributed by atoms with Crippen LogP contribution in [0, 0.1) is 0 Å². The second kappa shape index (κ2) is 6.64.